The van der Waals surface area contributed by atoms with Crippen LogP contribution >= 0.6 is 23.4 Å². The largest absolute Gasteiger partial charge is 0.488 e. The number of hydrogen-bond donors (Lipinski definition) is 1. The summed E-state index contributed by atoms with van der Waals surface area (Å²) in [5, 5.41) is 9.14. The van der Waals surface area contributed by atoms with Crippen LogP contribution in [0.5, 0.6) is 5.75 Å². The summed E-state index contributed by atoms with van der Waals surface area (Å²) in [6.07, 6.45) is 1.54. The Morgan fingerprint density at radius 2 is 2.03 bits per heavy atom. The molecule has 1 aliphatic rings. The summed E-state index contributed by atoms with van der Waals surface area (Å²) in [6, 6.07) is 14.5. The van der Waals surface area contributed by atoms with E-state index in [1.807, 2.05) is 62.4 Å². The number of benzene rings is 2. The van der Waals surface area contributed by atoms with E-state index in [-0.39, 0.29) is 13.2 Å². The van der Waals surface area contributed by atoms with Crippen molar-refractivity contribution in [3.63, 3.8) is 0 Å². The Morgan fingerprint density at radius 1 is 1.26 bits per heavy atom. The molecule has 0 spiro atoms. The molecule has 9 heteroatoms. The van der Waals surface area contributed by atoms with Crippen LogP contribution in [-0.2, 0) is 16.1 Å². The fourth-order valence-electron chi connectivity index (χ4n) is 3.69. The van der Waals surface area contributed by atoms with Crippen LogP contribution in [0.4, 0.5) is 5.95 Å². The highest BCUT2D eigenvalue weighted by molar-refractivity contribution is 7.99. The summed E-state index contributed by atoms with van der Waals surface area (Å²) in [5.74, 6) is 1.54. The Labute approximate surface area is 207 Å². The maximum absolute atomic E-state index is 13.1. The number of hydrogen-bond acceptors (Lipinski definition) is 7. The van der Waals surface area contributed by atoms with Gasteiger partial charge in [-0.1, -0.05) is 79.3 Å². The van der Waals surface area contributed by atoms with Crippen molar-refractivity contribution in [1.29, 1.82) is 0 Å². The highest BCUT2D eigenvalue weighted by atomic mass is 35.5. The van der Waals surface area contributed by atoms with Gasteiger partial charge in [0.05, 0.1) is 5.57 Å². The first-order chi connectivity index (χ1) is 16.5. The van der Waals surface area contributed by atoms with Gasteiger partial charge in [-0.15, -0.1) is 5.10 Å². The van der Waals surface area contributed by atoms with Crippen LogP contribution in [0.25, 0.3) is 0 Å². The van der Waals surface area contributed by atoms with Crippen LogP contribution in [0.2, 0.25) is 5.02 Å². The molecule has 3 aromatic rings. The quantitative estimate of drug-likeness (QED) is 0.233. The molecule has 176 valence electrons. The van der Waals surface area contributed by atoms with Gasteiger partial charge in [-0.05, 0) is 24.8 Å². The molecule has 2 aromatic carbocycles. The average molecular weight is 497 g/mol. The van der Waals surface area contributed by atoms with Gasteiger partial charge in [-0.25, -0.2) is 9.48 Å². The lowest BCUT2D eigenvalue weighted by atomic mass is 9.95. The van der Waals surface area contributed by atoms with Crippen LogP contribution in [0, 0.1) is 0 Å². The molecule has 0 fully saturated rings. The fraction of sp³-hybridized carbons (Fsp3) is 0.240. The first-order valence-electron chi connectivity index (χ1n) is 10.8. The third kappa shape index (κ3) is 4.98. The van der Waals surface area contributed by atoms with E-state index in [4.69, 9.17) is 21.1 Å². The molecule has 0 bridgehead atoms. The van der Waals surface area contributed by atoms with E-state index in [1.165, 1.54) is 17.8 Å². The number of carbonyl (C=O) groups excluding carboxylic acids is 1. The van der Waals surface area contributed by atoms with Gasteiger partial charge in [-0.3, -0.25) is 0 Å². The van der Waals surface area contributed by atoms with Gasteiger partial charge >= 0.3 is 5.97 Å². The number of para-hydroxylation sites is 1. The first kappa shape index (κ1) is 23.9. The number of nitrogens with zero attached hydrogens (tertiary/aromatic N) is 3. The van der Waals surface area contributed by atoms with Gasteiger partial charge in [0.2, 0.25) is 11.1 Å². The smallest absolute Gasteiger partial charge is 0.338 e. The van der Waals surface area contributed by atoms with Crippen molar-refractivity contribution >= 4 is 35.3 Å². The Bertz CT molecular complexity index is 1240. The van der Waals surface area contributed by atoms with E-state index in [2.05, 4.69) is 22.0 Å². The van der Waals surface area contributed by atoms with E-state index in [1.54, 1.807) is 4.68 Å². The molecule has 1 N–H and O–H groups in total. The molecule has 34 heavy (non-hydrogen) atoms. The number of rotatable bonds is 9. The number of aromatic nitrogens is 3. The van der Waals surface area contributed by atoms with Crippen molar-refractivity contribution in [2.24, 2.45) is 0 Å². The molecule has 2 heterocycles. The van der Waals surface area contributed by atoms with E-state index in [0.717, 1.165) is 16.9 Å². The second-order valence-electron chi connectivity index (χ2n) is 7.47. The lowest BCUT2D eigenvalue weighted by Crippen LogP contribution is -2.30. The highest BCUT2D eigenvalue weighted by Gasteiger charge is 2.36. The summed E-state index contributed by atoms with van der Waals surface area (Å²) in [6.45, 7) is 7.89. The predicted octanol–water partition coefficient (Wildman–Crippen LogP) is 5.64. The maximum atomic E-state index is 13.1. The molecule has 1 unspecified atom stereocenters. The zero-order valence-electron chi connectivity index (χ0n) is 19.0. The van der Waals surface area contributed by atoms with Gasteiger partial charge in [0.1, 0.15) is 25.0 Å². The molecule has 0 amide bonds. The number of thioether (sulfide) groups is 1. The molecule has 1 aromatic heterocycles. The number of esters is 1. The van der Waals surface area contributed by atoms with Crippen molar-refractivity contribution in [2.75, 3.05) is 17.7 Å². The molecule has 4 rings (SSSR count). The van der Waals surface area contributed by atoms with Gasteiger partial charge in [0.25, 0.3) is 0 Å². The van der Waals surface area contributed by atoms with Crippen molar-refractivity contribution in [2.45, 2.75) is 31.7 Å². The number of nitrogens with one attached hydrogen (secondary N) is 1. The summed E-state index contributed by atoms with van der Waals surface area (Å²) >= 11 is 7.85. The Morgan fingerprint density at radius 3 is 2.79 bits per heavy atom. The first-order valence-corrected chi connectivity index (χ1v) is 12.2. The van der Waals surface area contributed by atoms with Crippen molar-refractivity contribution in [3.05, 3.63) is 88.6 Å². The topological polar surface area (TPSA) is 78.3 Å². The summed E-state index contributed by atoms with van der Waals surface area (Å²) < 4.78 is 13.4. The molecule has 0 saturated heterocycles. The summed E-state index contributed by atoms with van der Waals surface area (Å²) in [7, 11) is 0. The Kier molecular flexibility index (Phi) is 7.59. The van der Waals surface area contributed by atoms with Crippen LogP contribution in [0.3, 0.4) is 0 Å². The van der Waals surface area contributed by atoms with E-state index in [0.29, 0.717) is 33.1 Å². The minimum atomic E-state index is -0.588. The molecule has 1 atom stereocenters. The van der Waals surface area contributed by atoms with Gasteiger partial charge in [0, 0.05) is 21.8 Å². The number of anilines is 1. The second kappa shape index (κ2) is 10.8. The SMILES string of the molecule is C=CCOC(=O)C1=C(C)Nc2nc(SCC)nn2C1c1ccccc1OCc1ccccc1Cl. The molecule has 7 nitrogen and oxygen atoms in total. The third-order valence-corrected chi connectivity index (χ3v) is 6.30. The molecule has 0 radical (unpaired) electrons. The number of fused-ring (bicyclic) bond motifs is 1. The fourth-order valence-corrected chi connectivity index (χ4v) is 4.44. The minimum Gasteiger partial charge on any atom is -0.488 e. The minimum absolute atomic E-state index is 0.105. The van der Waals surface area contributed by atoms with Gasteiger partial charge in [-0.2, -0.15) is 4.98 Å². The molecule has 0 saturated carbocycles. The molecular formula is C25H25ClN4O3S. The molecule has 1 aliphatic heterocycles. The maximum Gasteiger partial charge on any atom is 0.338 e. The Balaban J connectivity index is 1.77. The van der Waals surface area contributed by atoms with Crippen molar-refractivity contribution in [3.8, 4) is 5.75 Å². The summed E-state index contributed by atoms with van der Waals surface area (Å²) in [5.41, 5.74) is 2.71. The standard InChI is InChI=1S/C25H25ClN4O3S/c1-4-14-32-23(31)21-16(3)27-24-28-25(34-5-2)29-30(24)22(21)18-11-7-9-13-20(18)33-15-17-10-6-8-12-19(17)26/h4,6-13,22H,1,5,14-15H2,2-3H3,(H,27,28,29). The summed E-state index contributed by atoms with van der Waals surface area (Å²) in [4.78, 5) is 17.7. The normalized spacial score (nSPS) is 14.9. The second-order valence-corrected chi connectivity index (χ2v) is 9.11. The van der Waals surface area contributed by atoms with Crippen LogP contribution in [-0.4, -0.2) is 33.1 Å². The monoisotopic (exact) mass is 496 g/mol. The lowest BCUT2D eigenvalue weighted by molar-refractivity contribution is -0.138. The van der Waals surface area contributed by atoms with E-state index >= 15 is 0 Å². The predicted molar refractivity (Wildman–Crippen MR) is 134 cm³/mol. The van der Waals surface area contributed by atoms with Gasteiger partial charge in [0.15, 0.2) is 0 Å². The Hall–Kier alpha value is -3.23. The number of ether oxygens (including phenoxy) is 2. The van der Waals surface area contributed by atoms with Crippen LogP contribution < -0.4 is 10.1 Å². The number of allylic oxidation sites excluding steroid dienone is 1. The zero-order valence-corrected chi connectivity index (χ0v) is 20.5. The molecular weight excluding hydrogens is 472 g/mol. The van der Waals surface area contributed by atoms with Crippen molar-refractivity contribution in [1.82, 2.24) is 14.8 Å². The zero-order chi connectivity index (χ0) is 24.1. The molecule has 0 aliphatic carbocycles. The van der Waals surface area contributed by atoms with Crippen molar-refractivity contribution < 1.29 is 14.3 Å². The van der Waals surface area contributed by atoms with E-state index in [9.17, 15) is 4.79 Å². The number of halogens is 1. The van der Waals surface area contributed by atoms with Crippen LogP contribution in [0.1, 0.15) is 31.0 Å². The lowest BCUT2D eigenvalue weighted by Gasteiger charge is -2.29. The number of carbonyl (C=O) groups is 1. The third-order valence-electron chi connectivity index (χ3n) is 5.21. The average Bonchev–Trinajstić information content (AvgIpc) is 3.23. The van der Waals surface area contributed by atoms with Gasteiger partial charge < -0.3 is 14.8 Å². The highest BCUT2D eigenvalue weighted by Crippen LogP contribution is 2.40. The van der Waals surface area contributed by atoms with E-state index < -0.39 is 12.0 Å². The van der Waals surface area contributed by atoms with Crippen LogP contribution in [0.15, 0.2) is 77.6 Å².